The van der Waals surface area contributed by atoms with Crippen molar-refractivity contribution in [2.24, 2.45) is 0 Å². The van der Waals surface area contributed by atoms with Crippen molar-refractivity contribution in [2.45, 2.75) is 12.6 Å². The molecule has 0 amide bonds. The van der Waals surface area contributed by atoms with Crippen LogP contribution < -0.4 is 0 Å². The maximum atomic E-state index is 12.4. The number of nitrogens with zero attached hydrogens (tertiary/aromatic N) is 1. The van der Waals surface area contributed by atoms with Crippen LogP contribution >= 0.6 is 27.5 Å². The van der Waals surface area contributed by atoms with Gasteiger partial charge in [-0.15, -0.1) is 0 Å². The Morgan fingerprint density at radius 1 is 1.40 bits per heavy atom. The van der Waals surface area contributed by atoms with Crippen LogP contribution in [0.5, 0.6) is 0 Å². The topological polar surface area (TPSA) is 23.8 Å². The van der Waals surface area contributed by atoms with Gasteiger partial charge in [0.2, 0.25) is 0 Å². The molecule has 15 heavy (non-hydrogen) atoms. The standard InChI is InChI=1S/C9H4BrClF3N/c10-7-4-6(9(12,13)14)3-5(1-2-15)8(7)11/h3-4H,1H2. The second kappa shape index (κ2) is 4.42. The summed E-state index contributed by atoms with van der Waals surface area (Å²) in [5.41, 5.74) is -0.648. The highest BCUT2D eigenvalue weighted by Crippen LogP contribution is 2.36. The molecule has 0 saturated carbocycles. The van der Waals surface area contributed by atoms with Crippen LogP contribution in [0.1, 0.15) is 11.1 Å². The van der Waals surface area contributed by atoms with Crippen molar-refractivity contribution in [2.75, 3.05) is 0 Å². The summed E-state index contributed by atoms with van der Waals surface area (Å²) in [6.45, 7) is 0. The lowest BCUT2D eigenvalue weighted by Crippen LogP contribution is -2.06. The molecule has 0 heterocycles. The SMILES string of the molecule is N#CCc1cc(C(F)(F)F)cc(Br)c1Cl. The van der Waals surface area contributed by atoms with E-state index >= 15 is 0 Å². The molecule has 0 spiro atoms. The fourth-order valence-corrected chi connectivity index (χ4v) is 1.70. The molecule has 1 nitrogen and oxygen atoms in total. The van der Waals surface area contributed by atoms with E-state index in [2.05, 4.69) is 15.9 Å². The van der Waals surface area contributed by atoms with Gasteiger partial charge in [0.25, 0.3) is 0 Å². The van der Waals surface area contributed by atoms with Gasteiger partial charge in [-0.2, -0.15) is 18.4 Å². The molecule has 1 aromatic carbocycles. The first-order chi connectivity index (χ1) is 6.86. The minimum absolute atomic E-state index is 0.143. The van der Waals surface area contributed by atoms with Crippen LogP contribution in [-0.4, -0.2) is 0 Å². The third kappa shape index (κ3) is 2.86. The van der Waals surface area contributed by atoms with Gasteiger partial charge in [-0.1, -0.05) is 11.6 Å². The highest BCUT2D eigenvalue weighted by Gasteiger charge is 2.31. The van der Waals surface area contributed by atoms with Gasteiger partial charge in [-0.3, -0.25) is 0 Å². The maximum absolute atomic E-state index is 12.4. The largest absolute Gasteiger partial charge is 0.416 e. The molecule has 80 valence electrons. The van der Waals surface area contributed by atoms with Crippen molar-refractivity contribution in [1.82, 2.24) is 0 Å². The van der Waals surface area contributed by atoms with Crippen molar-refractivity contribution in [3.63, 3.8) is 0 Å². The molecule has 0 aromatic heterocycles. The van der Waals surface area contributed by atoms with Gasteiger partial charge >= 0.3 is 6.18 Å². The van der Waals surface area contributed by atoms with E-state index in [1.165, 1.54) is 0 Å². The molecule has 6 heteroatoms. The molecule has 0 N–H and O–H groups in total. The Balaban J connectivity index is 3.31. The number of alkyl halides is 3. The minimum Gasteiger partial charge on any atom is -0.198 e. The van der Waals surface area contributed by atoms with Gasteiger partial charge in [-0.05, 0) is 33.6 Å². The highest BCUT2D eigenvalue weighted by atomic mass is 79.9. The van der Waals surface area contributed by atoms with E-state index in [4.69, 9.17) is 16.9 Å². The summed E-state index contributed by atoms with van der Waals surface area (Å²) < 4.78 is 37.3. The monoisotopic (exact) mass is 297 g/mol. The molecule has 0 aliphatic carbocycles. The molecule has 0 atom stereocenters. The van der Waals surface area contributed by atoms with E-state index in [-0.39, 0.29) is 21.5 Å². The second-order valence-corrected chi connectivity index (χ2v) is 4.00. The molecule has 0 aliphatic rings. The lowest BCUT2D eigenvalue weighted by molar-refractivity contribution is -0.137. The Hall–Kier alpha value is -0.730. The maximum Gasteiger partial charge on any atom is 0.416 e. The van der Waals surface area contributed by atoms with Crippen LogP contribution in [0.2, 0.25) is 5.02 Å². The summed E-state index contributed by atoms with van der Waals surface area (Å²) in [4.78, 5) is 0. The number of nitriles is 1. The van der Waals surface area contributed by atoms with Crippen molar-refractivity contribution in [3.05, 3.63) is 32.8 Å². The van der Waals surface area contributed by atoms with E-state index in [1.807, 2.05) is 0 Å². The van der Waals surface area contributed by atoms with Gasteiger partial charge in [0.05, 0.1) is 23.1 Å². The summed E-state index contributed by atoms with van der Waals surface area (Å²) in [6.07, 6.45) is -4.58. The molecular weight excluding hydrogens is 294 g/mol. The van der Waals surface area contributed by atoms with Crippen LogP contribution in [0.25, 0.3) is 0 Å². The predicted octanol–water partition coefficient (Wildman–Crippen LogP) is 4.19. The Labute approximate surface area is 97.6 Å². The van der Waals surface area contributed by atoms with Crippen LogP contribution in [0.4, 0.5) is 13.2 Å². The third-order valence-corrected chi connectivity index (χ3v) is 3.00. The van der Waals surface area contributed by atoms with Crippen LogP contribution in [0, 0.1) is 11.3 Å². The summed E-state index contributed by atoms with van der Waals surface area (Å²) in [5.74, 6) is 0. The first-order valence-electron chi connectivity index (χ1n) is 3.78. The van der Waals surface area contributed by atoms with E-state index < -0.39 is 11.7 Å². The Bertz CT molecular complexity index is 423. The van der Waals surface area contributed by atoms with E-state index in [1.54, 1.807) is 6.07 Å². The lowest BCUT2D eigenvalue weighted by atomic mass is 10.1. The summed E-state index contributed by atoms with van der Waals surface area (Å²) in [5, 5.41) is 8.57. The Morgan fingerprint density at radius 2 is 2.00 bits per heavy atom. The normalized spacial score (nSPS) is 11.2. The second-order valence-electron chi connectivity index (χ2n) is 2.76. The quantitative estimate of drug-likeness (QED) is 0.762. The Morgan fingerprint density at radius 3 is 2.47 bits per heavy atom. The number of hydrogen-bond acceptors (Lipinski definition) is 1. The van der Waals surface area contributed by atoms with Crippen molar-refractivity contribution < 1.29 is 13.2 Å². The summed E-state index contributed by atoms with van der Waals surface area (Å²) >= 11 is 8.65. The number of halogens is 5. The van der Waals surface area contributed by atoms with Crippen molar-refractivity contribution >= 4 is 27.5 Å². The van der Waals surface area contributed by atoms with Crippen LogP contribution in [0.3, 0.4) is 0 Å². The molecule has 0 saturated heterocycles. The minimum atomic E-state index is -4.43. The smallest absolute Gasteiger partial charge is 0.198 e. The van der Waals surface area contributed by atoms with Gasteiger partial charge in [0, 0.05) is 4.47 Å². The van der Waals surface area contributed by atoms with Crippen molar-refractivity contribution in [1.29, 1.82) is 5.26 Å². The molecule has 0 unspecified atom stereocenters. The van der Waals surface area contributed by atoms with Gasteiger partial charge < -0.3 is 0 Å². The van der Waals surface area contributed by atoms with Gasteiger partial charge in [0.1, 0.15) is 0 Å². The first kappa shape index (κ1) is 12.3. The van der Waals surface area contributed by atoms with Gasteiger partial charge in [-0.25, -0.2) is 0 Å². The van der Waals surface area contributed by atoms with Crippen molar-refractivity contribution in [3.8, 4) is 6.07 Å². The van der Waals surface area contributed by atoms with E-state index in [0.29, 0.717) is 0 Å². The Kier molecular flexibility index (Phi) is 3.63. The molecule has 0 radical (unpaired) electrons. The average Bonchev–Trinajstić information content (AvgIpc) is 2.11. The molecule has 0 aliphatic heterocycles. The van der Waals surface area contributed by atoms with Crippen LogP contribution in [0.15, 0.2) is 16.6 Å². The molecular formula is C9H4BrClF3N. The number of rotatable bonds is 1. The zero-order valence-corrected chi connectivity index (χ0v) is 9.54. The zero-order valence-electron chi connectivity index (χ0n) is 7.20. The summed E-state index contributed by atoms with van der Waals surface area (Å²) in [6, 6.07) is 3.54. The predicted molar refractivity (Wildman–Crippen MR) is 53.5 cm³/mol. The zero-order chi connectivity index (χ0) is 11.6. The third-order valence-electron chi connectivity index (χ3n) is 1.70. The fraction of sp³-hybridized carbons (Fsp3) is 0.222. The molecule has 0 bridgehead atoms. The summed E-state index contributed by atoms with van der Waals surface area (Å²) in [7, 11) is 0. The molecule has 0 fully saturated rings. The number of hydrogen-bond donors (Lipinski definition) is 0. The molecule has 1 aromatic rings. The van der Waals surface area contributed by atoms with E-state index in [0.717, 1.165) is 12.1 Å². The molecule has 1 rings (SSSR count). The average molecular weight is 298 g/mol. The highest BCUT2D eigenvalue weighted by molar-refractivity contribution is 9.10. The number of benzene rings is 1. The van der Waals surface area contributed by atoms with E-state index in [9.17, 15) is 13.2 Å². The van der Waals surface area contributed by atoms with Gasteiger partial charge in [0.15, 0.2) is 0 Å². The van der Waals surface area contributed by atoms with Crippen LogP contribution in [-0.2, 0) is 12.6 Å². The fourth-order valence-electron chi connectivity index (χ4n) is 1.02. The lowest BCUT2D eigenvalue weighted by Gasteiger charge is -2.10. The first-order valence-corrected chi connectivity index (χ1v) is 4.95.